The van der Waals surface area contributed by atoms with Crippen molar-refractivity contribution in [3.63, 3.8) is 0 Å². The zero-order valence-corrected chi connectivity index (χ0v) is 12.3. The topological polar surface area (TPSA) is 55.1 Å². The first-order chi connectivity index (χ1) is 8.80. The molecule has 3 N–H and O–H groups in total. The van der Waals surface area contributed by atoms with Gasteiger partial charge in [0, 0.05) is 11.6 Å². The van der Waals surface area contributed by atoms with Crippen LogP contribution in [0.25, 0.3) is 0 Å². The summed E-state index contributed by atoms with van der Waals surface area (Å²) >= 11 is 0. The number of benzene rings is 1. The second-order valence-electron chi connectivity index (χ2n) is 6.59. The van der Waals surface area contributed by atoms with Crippen molar-refractivity contribution >= 4 is 5.91 Å². The number of carbonyl (C=O) groups is 1. The lowest BCUT2D eigenvalue weighted by Gasteiger charge is -2.08. The zero-order chi connectivity index (χ0) is 14.3. The Kier molecular flexibility index (Phi) is 3.43. The predicted molar refractivity (Wildman–Crippen MR) is 78.0 cm³/mol. The summed E-state index contributed by atoms with van der Waals surface area (Å²) < 4.78 is 0. The van der Waals surface area contributed by atoms with Crippen molar-refractivity contribution in [1.29, 1.82) is 0 Å². The first-order valence-corrected chi connectivity index (χ1v) is 6.90. The molecule has 0 aromatic heterocycles. The third-order valence-electron chi connectivity index (χ3n) is 4.92. The molecule has 3 heteroatoms. The minimum absolute atomic E-state index is 0.0162. The molecule has 0 atom stereocenters. The van der Waals surface area contributed by atoms with Crippen molar-refractivity contribution in [3.8, 4) is 0 Å². The first kappa shape index (κ1) is 14.1. The fraction of sp³-hybridized carbons (Fsp3) is 0.562. The van der Waals surface area contributed by atoms with Crippen molar-refractivity contribution in [2.24, 2.45) is 16.6 Å². The summed E-state index contributed by atoms with van der Waals surface area (Å²) in [5.41, 5.74) is 7.72. The van der Waals surface area contributed by atoms with E-state index in [0.29, 0.717) is 6.54 Å². The Morgan fingerprint density at radius 1 is 1.26 bits per heavy atom. The highest BCUT2D eigenvalue weighted by atomic mass is 16.1. The van der Waals surface area contributed by atoms with Crippen LogP contribution in [0.15, 0.2) is 24.3 Å². The smallest absolute Gasteiger partial charge is 0.251 e. The van der Waals surface area contributed by atoms with Gasteiger partial charge in [-0.05, 0) is 41.5 Å². The lowest BCUT2D eigenvalue weighted by atomic mass is 10.0. The molecule has 0 heterocycles. The van der Waals surface area contributed by atoms with Gasteiger partial charge in [0.05, 0.1) is 0 Å². The summed E-state index contributed by atoms with van der Waals surface area (Å²) in [6, 6.07) is 7.96. The molecule has 104 valence electrons. The van der Waals surface area contributed by atoms with Gasteiger partial charge >= 0.3 is 0 Å². The van der Waals surface area contributed by atoms with Crippen LogP contribution in [-0.4, -0.2) is 18.5 Å². The van der Waals surface area contributed by atoms with Crippen LogP contribution in [0.1, 0.15) is 43.6 Å². The first-order valence-electron chi connectivity index (χ1n) is 6.90. The number of amides is 1. The van der Waals surface area contributed by atoms with Crippen molar-refractivity contribution in [3.05, 3.63) is 35.4 Å². The Labute approximate surface area is 115 Å². The van der Waals surface area contributed by atoms with E-state index in [4.69, 9.17) is 5.73 Å². The standard InChI is InChI=1S/C16H24N2O/c1-15(2)14(16(15,3)4)18-13(19)12-7-5-6-11(10-12)8-9-17/h5-7,10,14H,8-9,17H2,1-4H3,(H,18,19). The Morgan fingerprint density at radius 2 is 1.89 bits per heavy atom. The minimum atomic E-state index is 0.0162. The second kappa shape index (κ2) is 4.64. The SMILES string of the molecule is CC1(C)C(NC(=O)c2cccc(CCN)c2)C1(C)C. The highest BCUT2D eigenvalue weighted by molar-refractivity contribution is 5.95. The molecule has 1 fully saturated rings. The van der Waals surface area contributed by atoms with Gasteiger partial charge in [-0.15, -0.1) is 0 Å². The molecule has 2 rings (SSSR count). The predicted octanol–water partition coefficient (Wildman–Crippen LogP) is 2.35. The van der Waals surface area contributed by atoms with E-state index in [-0.39, 0.29) is 22.8 Å². The summed E-state index contributed by atoms with van der Waals surface area (Å²) in [5.74, 6) is 0.0162. The van der Waals surface area contributed by atoms with Crippen molar-refractivity contribution in [2.75, 3.05) is 6.54 Å². The molecule has 0 radical (unpaired) electrons. The van der Waals surface area contributed by atoms with Gasteiger partial charge in [-0.3, -0.25) is 4.79 Å². The Hall–Kier alpha value is -1.35. The quantitative estimate of drug-likeness (QED) is 0.873. The largest absolute Gasteiger partial charge is 0.348 e. The van der Waals surface area contributed by atoms with Gasteiger partial charge in [0.15, 0.2) is 0 Å². The van der Waals surface area contributed by atoms with Crippen LogP contribution in [0.2, 0.25) is 0 Å². The van der Waals surface area contributed by atoms with Gasteiger partial charge in [-0.25, -0.2) is 0 Å². The highest BCUT2D eigenvalue weighted by Crippen LogP contribution is 2.62. The maximum absolute atomic E-state index is 12.3. The molecule has 1 saturated carbocycles. The third kappa shape index (κ3) is 2.39. The van der Waals surface area contributed by atoms with Gasteiger partial charge in [0.25, 0.3) is 5.91 Å². The average Bonchev–Trinajstić information content (AvgIpc) is 2.72. The lowest BCUT2D eigenvalue weighted by Crippen LogP contribution is -2.29. The zero-order valence-electron chi connectivity index (χ0n) is 12.3. The van der Waals surface area contributed by atoms with Gasteiger partial charge in [0.1, 0.15) is 0 Å². The third-order valence-corrected chi connectivity index (χ3v) is 4.92. The van der Waals surface area contributed by atoms with Crippen molar-refractivity contribution < 1.29 is 4.79 Å². The monoisotopic (exact) mass is 260 g/mol. The molecule has 0 aliphatic heterocycles. The molecule has 1 aliphatic carbocycles. The highest BCUT2D eigenvalue weighted by Gasteiger charge is 2.65. The van der Waals surface area contributed by atoms with Gasteiger partial charge < -0.3 is 11.1 Å². The van der Waals surface area contributed by atoms with Gasteiger partial charge in [-0.1, -0.05) is 39.8 Å². The number of rotatable bonds is 4. The lowest BCUT2D eigenvalue weighted by molar-refractivity contribution is 0.0943. The van der Waals surface area contributed by atoms with E-state index in [0.717, 1.165) is 17.5 Å². The number of carbonyl (C=O) groups excluding carboxylic acids is 1. The fourth-order valence-corrected chi connectivity index (χ4v) is 2.81. The molecule has 0 spiro atoms. The van der Waals surface area contributed by atoms with Crippen LogP contribution in [0.3, 0.4) is 0 Å². The molecule has 1 amide bonds. The van der Waals surface area contributed by atoms with Crippen molar-refractivity contribution in [1.82, 2.24) is 5.32 Å². The summed E-state index contributed by atoms with van der Waals surface area (Å²) in [5, 5.41) is 3.15. The molecule has 0 saturated heterocycles. The van der Waals surface area contributed by atoms with E-state index >= 15 is 0 Å². The Balaban J connectivity index is 2.07. The molecule has 19 heavy (non-hydrogen) atoms. The second-order valence-corrected chi connectivity index (χ2v) is 6.59. The van der Waals surface area contributed by atoms with E-state index in [1.54, 1.807) is 0 Å². The number of nitrogens with two attached hydrogens (primary N) is 1. The average molecular weight is 260 g/mol. The van der Waals surface area contributed by atoms with Gasteiger partial charge in [0.2, 0.25) is 0 Å². The maximum atomic E-state index is 12.3. The normalized spacial score (nSPS) is 20.1. The van der Waals surface area contributed by atoms with Crippen LogP contribution in [0.4, 0.5) is 0 Å². The van der Waals surface area contributed by atoms with E-state index in [1.807, 2.05) is 24.3 Å². The molecule has 0 unspecified atom stereocenters. The summed E-state index contributed by atoms with van der Waals surface area (Å²) in [6.07, 6.45) is 0.807. The molecule has 3 nitrogen and oxygen atoms in total. The van der Waals surface area contributed by atoms with Crippen LogP contribution in [0, 0.1) is 10.8 Å². The number of hydrogen-bond acceptors (Lipinski definition) is 2. The molecular weight excluding hydrogens is 236 g/mol. The molecule has 1 aliphatic rings. The summed E-state index contributed by atoms with van der Waals surface area (Å²) in [6.45, 7) is 9.39. The number of hydrogen-bond donors (Lipinski definition) is 2. The van der Waals surface area contributed by atoms with Crippen molar-refractivity contribution in [2.45, 2.75) is 40.2 Å². The van der Waals surface area contributed by atoms with Crippen LogP contribution < -0.4 is 11.1 Å². The van der Waals surface area contributed by atoms with E-state index in [2.05, 4.69) is 33.0 Å². The van der Waals surface area contributed by atoms with E-state index < -0.39 is 0 Å². The molecule has 1 aromatic rings. The molecular formula is C16H24N2O. The maximum Gasteiger partial charge on any atom is 0.251 e. The van der Waals surface area contributed by atoms with Crippen LogP contribution in [0.5, 0.6) is 0 Å². The number of nitrogens with one attached hydrogen (secondary N) is 1. The van der Waals surface area contributed by atoms with Gasteiger partial charge in [-0.2, -0.15) is 0 Å². The Bertz CT molecular complexity index is 477. The molecule has 0 bridgehead atoms. The summed E-state index contributed by atoms with van der Waals surface area (Å²) in [7, 11) is 0. The van der Waals surface area contributed by atoms with Crippen LogP contribution in [-0.2, 0) is 6.42 Å². The van der Waals surface area contributed by atoms with E-state index in [9.17, 15) is 4.79 Å². The molecule has 1 aromatic carbocycles. The fourth-order valence-electron chi connectivity index (χ4n) is 2.81. The summed E-state index contributed by atoms with van der Waals surface area (Å²) in [4.78, 5) is 12.3. The van der Waals surface area contributed by atoms with Crippen LogP contribution >= 0.6 is 0 Å². The minimum Gasteiger partial charge on any atom is -0.348 e. The Morgan fingerprint density at radius 3 is 2.42 bits per heavy atom. The van der Waals surface area contributed by atoms with E-state index in [1.165, 1.54) is 0 Å².